The Morgan fingerprint density at radius 3 is 2.90 bits per heavy atom. The minimum atomic E-state index is 0.793. The van der Waals surface area contributed by atoms with Crippen LogP contribution in [-0.4, -0.2) is 16.5 Å². The summed E-state index contributed by atoms with van der Waals surface area (Å²) in [5.41, 5.74) is 10.3. The fourth-order valence-electron chi connectivity index (χ4n) is 2.86. The molecule has 1 aliphatic heterocycles. The summed E-state index contributed by atoms with van der Waals surface area (Å²) in [5.74, 6) is 0.793. The molecule has 0 radical (unpaired) electrons. The van der Waals surface area contributed by atoms with Gasteiger partial charge in [-0.25, -0.2) is 9.97 Å². The summed E-state index contributed by atoms with van der Waals surface area (Å²) >= 11 is 0. The first kappa shape index (κ1) is 12.1. The van der Waals surface area contributed by atoms with Gasteiger partial charge in [0.2, 0.25) is 5.95 Å². The Balaban J connectivity index is 1.70. The molecule has 0 bridgehead atoms. The Morgan fingerprint density at radius 2 is 1.95 bits per heavy atom. The minimum Gasteiger partial charge on any atom is -0.399 e. The van der Waals surface area contributed by atoms with Crippen LogP contribution in [0.2, 0.25) is 0 Å². The van der Waals surface area contributed by atoms with Crippen molar-refractivity contribution < 1.29 is 0 Å². The number of nitrogen functional groups attached to an aromatic ring is 1. The third kappa shape index (κ3) is 2.18. The number of nitrogens with zero attached hydrogens (tertiary/aromatic N) is 3. The summed E-state index contributed by atoms with van der Waals surface area (Å²) in [6, 6.07) is 14.2. The third-order valence-electron chi connectivity index (χ3n) is 4.00. The maximum atomic E-state index is 5.89. The number of rotatable bonds is 1. The molecule has 2 aromatic carbocycles. The highest BCUT2D eigenvalue weighted by atomic mass is 15.2. The van der Waals surface area contributed by atoms with Crippen LogP contribution >= 0.6 is 0 Å². The van der Waals surface area contributed by atoms with Crippen molar-refractivity contribution >= 4 is 22.5 Å². The monoisotopic (exact) mass is 276 g/mol. The first-order valence-electron chi connectivity index (χ1n) is 7.13. The van der Waals surface area contributed by atoms with Crippen LogP contribution in [0.1, 0.15) is 11.1 Å². The van der Waals surface area contributed by atoms with E-state index in [4.69, 9.17) is 5.73 Å². The lowest BCUT2D eigenvalue weighted by molar-refractivity contribution is 0.710. The number of hydrogen-bond donors (Lipinski definition) is 1. The zero-order valence-corrected chi connectivity index (χ0v) is 11.7. The molecule has 0 aliphatic carbocycles. The Morgan fingerprint density at radius 1 is 1.05 bits per heavy atom. The molecule has 0 fully saturated rings. The fourth-order valence-corrected chi connectivity index (χ4v) is 2.86. The summed E-state index contributed by atoms with van der Waals surface area (Å²) in [6.07, 6.45) is 2.90. The van der Waals surface area contributed by atoms with Gasteiger partial charge in [-0.1, -0.05) is 24.3 Å². The second-order valence-corrected chi connectivity index (χ2v) is 5.43. The average Bonchev–Trinajstić information content (AvgIpc) is 2.53. The van der Waals surface area contributed by atoms with Gasteiger partial charge in [-0.05, 0) is 35.7 Å². The van der Waals surface area contributed by atoms with Crippen molar-refractivity contribution in [1.82, 2.24) is 9.97 Å². The molecule has 3 aromatic rings. The lowest BCUT2D eigenvalue weighted by atomic mass is 9.99. The van der Waals surface area contributed by atoms with Gasteiger partial charge < -0.3 is 10.6 Å². The number of anilines is 2. The van der Waals surface area contributed by atoms with Gasteiger partial charge in [0.1, 0.15) is 0 Å². The zero-order valence-electron chi connectivity index (χ0n) is 11.7. The number of aromatic nitrogens is 2. The second kappa shape index (κ2) is 4.74. The molecular weight excluding hydrogens is 260 g/mol. The summed E-state index contributed by atoms with van der Waals surface area (Å²) in [7, 11) is 0. The van der Waals surface area contributed by atoms with Crippen LogP contribution in [0.4, 0.5) is 11.6 Å². The minimum absolute atomic E-state index is 0.793. The highest BCUT2D eigenvalue weighted by molar-refractivity contribution is 5.78. The van der Waals surface area contributed by atoms with Crippen LogP contribution in [-0.2, 0) is 13.0 Å². The van der Waals surface area contributed by atoms with E-state index in [2.05, 4.69) is 27.0 Å². The molecule has 1 aromatic heterocycles. The van der Waals surface area contributed by atoms with Crippen LogP contribution in [0.5, 0.6) is 0 Å². The first-order chi connectivity index (χ1) is 10.3. The van der Waals surface area contributed by atoms with E-state index in [9.17, 15) is 0 Å². The van der Waals surface area contributed by atoms with Crippen LogP contribution in [0.25, 0.3) is 10.9 Å². The van der Waals surface area contributed by atoms with E-state index in [0.29, 0.717) is 0 Å². The van der Waals surface area contributed by atoms with E-state index in [-0.39, 0.29) is 0 Å². The van der Waals surface area contributed by atoms with Gasteiger partial charge in [0.15, 0.2) is 0 Å². The molecule has 104 valence electrons. The quantitative estimate of drug-likeness (QED) is 0.694. The number of hydrogen-bond acceptors (Lipinski definition) is 4. The molecule has 0 atom stereocenters. The molecule has 0 unspecified atom stereocenters. The third-order valence-corrected chi connectivity index (χ3v) is 4.00. The van der Waals surface area contributed by atoms with Gasteiger partial charge in [-0.2, -0.15) is 0 Å². The molecule has 0 spiro atoms. The van der Waals surface area contributed by atoms with Crippen molar-refractivity contribution in [1.29, 1.82) is 0 Å². The molecule has 4 nitrogen and oxygen atoms in total. The maximum absolute atomic E-state index is 5.89. The molecule has 21 heavy (non-hydrogen) atoms. The summed E-state index contributed by atoms with van der Waals surface area (Å²) in [5, 5.41) is 1.07. The van der Waals surface area contributed by atoms with Crippen molar-refractivity contribution in [3.8, 4) is 0 Å². The number of benzene rings is 2. The fraction of sp³-hybridized carbons (Fsp3) is 0.176. The molecule has 0 saturated heterocycles. The van der Waals surface area contributed by atoms with Gasteiger partial charge >= 0.3 is 0 Å². The lowest BCUT2D eigenvalue weighted by Crippen LogP contribution is -2.31. The number of para-hydroxylation sites is 1. The first-order valence-corrected chi connectivity index (χ1v) is 7.13. The van der Waals surface area contributed by atoms with Crippen LogP contribution < -0.4 is 10.6 Å². The molecule has 2 N–H and O–H groups in total. The topological polar surface area (TPSA) is 55.0 Å². The Bertz CT molecular complexity index is 813. The molecule has 4 heteroatoms. The normalized spacial score (nSPS) is 14.2. The van der Waals surface area contributed by atoms with Gasteiger partial charge in [0.05, 0.1) is 5.52 Å². The van der Waals surface area contributed by atoms with Crippen molar-refractivity contribution in [2.45, 2.75) is 13.0 Å². The second-order valence-electron chi connectivity index (χ2n) is 5.43. The lowest BCUT2D eigenvalue weighted by Gasteiger charge is -2.29. The van der Waals surface area contributed by atoms with Gasteiger partial charge in [-0.3, -0.25) is 0 Å². The Labute approximate surface area is 123 Å². The van der Waals surface area contributed by atoms with Crippen LogP contribution in [0, 0.1) is 0 Å². The largest absolute Gasteiger partial charge is 0.399 e. The molecule has 0 saturated carbocycles. The van der Waals surface area contributed by atoms with Crippen LogP contribution in [0.3, 0.4) is 0 Å². The van der Waals surface area contributed by atoms with Gasteiger partial charge in [0.25, 0.3) is 0 Å². The van der Waals surface area contributed by atoms with E-state index >= 15 is 0 Å². The van der Waals surface area contributed by atoms with Gasteiger partial charge in [-0.15, -0.1) is 0 Å². The van der Waals surface area contributed by atoms with Crippen molar-refractivity contribution in [2.24, 2.45) is 0 Å². The van der Waals surface area contributed by atoms with E-state index in [1.165, 1.54) is 11.1 Å². The van der Waals surface area contributed by atoms with E-state index in [0.717, 1.165) is 42.0 Å². The number of fused-ring (bicyclic) bond motifs is 2. The van der Waals surface area contributed by atoms with Crippen molar-refractivity contribution in [2.75, 3.05) is 17.2 Å². The van der Waals surface area contributed by atoms with Crippen molar-refractivity contribution in [3.63, 3.8) is 0 Å². The summed E-state index contributed by atoms with van der Waals surface area (Å²) < 4.78 is 0. The SMILES string of the molecule is Nc1ccc2c(c1)CN(c1ncc3ccccc3n1)CC2. The molecular formula is C17H16N4. The molecule has 1 aliphatic rings. The van der Waals surface area contributed by atoms with Crippen molar-refractivity contribution in [3.05, 3.63) is 59.8 Å². The van der Waals surface area contributed by atoms with E-state index < -0.39 is 0 Å². The van der Waals surface area contributed by atoms with Crippen LogP contribution in [0.15, 0.2) is 48.7 Å². The summed E-state index contributed by atoms with van der Waals surface area (Å²) in [6.45, 7) is 1.76. The Kier molecular flexibility index (Phi) is 2.74. The molecule has 0 amide bonds. The van der Waals surface area contributed by atoms with E-state index in [1.54, 1.807) is 0 Å². The predicted octanol–water partition coefficient (Wildman–Crippen LogP) is 2.77. The number of nitrogens with two attached hydrogens (primary N) is 1. The summed E-state index contributed by atoms with van der Waals surface area (Å²) in [4.78, 5) is 11.4. The smallest absolute Gasteiger partial charge is 0.226 e. The maximum Gasteiger partial charge on any atom is 0.226 e. The van der Waals surface area contributed by atoms with E-state index in [1.807, 2.05) is 36.5 Å². The zero-order chi connectivity index (χ0) is 14.2. The predicted molar refractivity (Wildman–Crippen MR) is 85.1 cm³/mol. The molecule has 2 heterocycles. The standard InChI is InChI=1S/C17H16N4/c18-15-6-5-12-7-8-21(11-14(12)9-15)17-19-10-13-3-1-2-4-16(13)20-17/h1-6,9-10H,7-8,11,18H2. The average molecular weight is 276 g/mol. The highest BCUT2D eigenvalue weighted by Crippen LogP contribution is 2.24. The van der Waals surface area contributed by atoms with Gasteiger partial charge in [0, 0.05) is 30.4 Å². The molecule has 4 rings (SSSR count). The Hall–Kier alpha value is -2.62. The highest BCUT2D eigenvalue weighted by Gasteiger charge is 2.18.